The zero-order chi connectivity index (χ0) is 7.98. The number of hydrogen-bond donors (Lipinski definition) is 0. The third-order valence-electron chi connectivity index (χ3n) is 1.32. The van der Waals surface area contributed by atoms with Crippen LogP contribution in [0.4, 0.5) is 0 Å². The van der Waals surface area contributed by atoms with E-state index in [4.69, 9.17) is 4.74 Å². The average molecular weight is 264 g/mol. The number of ether oxygens (including phenoxy) is 1. The SMILES string of the molecule is C.C.CCCOC(=O)[C-](C)CC.[Y]. The van der Waals surface area contributed by atoms with E-state index < -0.39 is 0 Å². The molecule has 0 atom stereocenters. The van der Waals surface area contributed by atoms with E-state index in [0.717, 1.165) is 18.8 Å². The van der Waals surface area contributed by atoms with Gasteiger partial charge >= 0.3 is 0 Å². The molecule has 0 fully saturated rings. The van der Waals surface area contributed by atoms with Gasteiger partial charge in [-0.25, -0.2) is 0 Å². The van der Waals surface area contributed by atoms with Gasteiger partial charge < -0.3 is 4.74 Å². The van der Waals surface area contributed by atoms with Crippen molar-refractivity contribution in [2.75, 3.05) is 6.61 Å². The van der Waals surface area contributed by atoms with E-state index in [1.54, 1.807) is 6.92 Å². The Kier molecular flexibility index (Phi) is 26.8. The normalized spacial score (nSPS) is 7.00. The molecule has 0 aliphatic rings. The van der Waals surface area contributed by atoms with Crippen LogP contribution in [0.2, 0.25) is 0 Å². The van der Waals surface area contributed by atoms with Gasteiger partial charge in [-0.1, -0.05) is 28.7 Å². The van der Waals surface area contributed by atoms with Crippen LogP contribution in [-0.2, 0) is 42.2 Å². The minimum Gasteiger partial charge on any atom is -0.488 e. The maximum absolute atomic E-state index is 10.9. The van der Waals surface area contributed by atoms with E-state index in [1.165, 1.54) is 0 Å². The molecule has 79 valence electrons. The second kappa shape index (κ2) is 14.9. The fraction of sp³-hybridized carbons (Fsp3) is 0.800. The number of rotatable bonds is 4. The zero-order valence-electron chi connectivity index (χ0n) is 7.52. The first-order valence-electron chi connectivity index (χ1n) is 3.71. The van der Waals surface area contributed by atoms with E-state index in [9.17, 15) is 4.79 Å². The molecule has 0 unspecified atom stereocenters. The summed E-state index contributed by atoms with van der Waals surface area (Å²) in [4.78, 5) is 10.9. The predicted molar refractivity (Wildman–Crippen MR) is 53.9 cm³/mol. The van der Waals surface area contributed by atoms with Crippen molar-refractivity contribution in [3.8, 4) is 0 Å². The molecule has 0 amide bonds. The number of esters is 1. The molecule has 0 aromatic carbocycles. The third kappa shape index (κ3) is 12.4. The van der Waals surface area contributed by atoms with Crippen molar-refractivity contribution in [3.63, 3.8) is 0 Å². The van der Waals surface area contributed by atoms with Crippen LogP contribution in [0.15, 0.2) is 0 Å². The molecule has 0 aliphatic heterocycles. The van der Waals surface area contributed by atoms with Crippen molar-refractivity contribution in [3.05, 3.63) is 5.92 Å². The van der Waals surface area contributed by atoms with E-state index in [1.807, 2.05) is 13.8 Å². The molecule has 0 rings (SSSR count). The van der Waals surface area contributed by atoms with Gasteiger partial charge in [-0.2, -0.15) is 13.3 Å². The van der Waals surface area contributed by atoms with E-state index >= 15 is 0 Å². The van der Waals surface area contributed by atoms with Crippen LogP contribution in [0, 0.1) is 5.92 Å². The van der Waals surface area contributed by atoms with E-state index in [2.05, 4.69) is 0 Å². The Morgan fingerprint density at radius 2 is 1.77 bits per heavy atom. The molecular weight excluding hydrogens is 241 g/mol. The number of carbonyl (C=O) groups is 1. The Bertz CT molecular complexity index is 105. The number of hydrogen-bond acceptors (Lipinski definition) is 2. The van der Waals surface area contributed by atoms with Crippen molar-refractivity contribution in [2.45, 2.75) is 48.5 Å². The van der Waals surface area contributed by atoms with Crippen LogP contribution in [0.1, 0.15) is 48.5 Å². The fourth-order valence-corrected chi connectivity index (χ4v) is 0.462. The Hall–Kier alpha value is 0.444. The van der Waals surface area contributed by atoms with Gasteiger partial charge in [0.15, 0.2) is 5.97 Å². The Morgan fingerprint density at radius 1 is 1.31 bits per heavy atom. The Balaban J connectivity index is -0.000000135. The van der Waals surface area contributed by atoms with Crippen molar-refractivity contribution < 1.29 is 42.2 Å². The molecule has 0 aromatic rings. The van der Waals surface area contributed by atoms with Crippen molar-refractivity contribution >= 4 is 5.97 Å². The largest absolute Gasteiger partial charge is 0.488 e. The van der Waals surface area contributed by atoms with Gasteiger partial charge in [0.25, 0.3) is 0 Å². The Labute approximate surface area is 109 Å². The summed E-state index contributed by atoms with van der Waals surface area (Å²) in [5.41, 5.74) is 0. The van der Waals surface area contributed by atoms with Crippen LogP contribution < -0.4 is 0 Å². The summed E-state index contributed by atoms with van der Waals surface area (Å²) in [7, 11) is 0. The molecule has 0 spiro atoms. The summed E-state index contributed by atoms with van der Waals surface area (Å²) in [6.07, 6.45) is 1.67. The Morgan fingerprint density at radius 3 is 2.08 bits per heavy atom. The van der Waals surface area contributed by atoms with Crippen LogP contribution in [0.3, 0.4) is 0 Å². The summed E-state index contributed by atoms with van der Waals surface area (Å²) in [5.74, 6) is 0.651. The molecule has 0 aliphatic carbocycles. The van der Waals surface area contributed by atoms with Crippen LogP contribution in [0.25, 0.3) is 0 Å². The van der Waals surface area contributed by atoms with Gasteiger partial charge in [0, 0.05) is 32.7 Å². The average Bonchev–Trinajstić information content (AvgIpc) is 1.98. The molecule has 0 bridgehead atoms. The summed E-state index contributed by atoms with van der Waals surface area (Å²) in [5, 5.41) is 0. The fourth-order valence-electron chi connectivity index (χ4n) is 0.462. The maximum Gasteiger partial charge on any atom is 0.169 e. The van der Waals surface area contributed by atoms with Crippen molar-refractivity contribution in [2.24, 2.45) is 0 Å². The summed E-state index contributed by atoms with van der Waals surface area (Å²) < 4.78 is 4.87. The van der Waals surface area contributed by atoms with Crippen molar-refractivity contribution in [1.82, 2.24) is 0 Å². The van der Waals surface area contributed by atoms with E-state index in [0.29, 0.717) is 6.61 Å². The van der Waals surface area contributed by atoms with Gasteiger partial charge in [-0.15, -0.1) is 0 Å². The standard InChI is InChI=1S/C8H15O2.2CH4.Y/c1-4-6-10-8(9)7(3)5-2;;;/h4-6H2,1-3H3;2*1H4;/q-1;;;. The molecule has 1 radical (unpaired) electrons. The van der Waals surface area contributed by atoms with Gasteiger partial charge in [0.1, 0.15) is 0 Å². The smallest absolute Gasteiger partial charge is 0.169 e. The second-order valence-electron chi connectivity index (χ2n) is 2.27. The molecule has 0 aromatic heterocycles. The van der Waals surface area contributed by atoms with Crippen molar-refractivity contribution in [1.29, 1.82) is 0 Å². The van der Waals surface area contributed by atoms with Gasteiger partial charge in [-0.3, -0.25) is 10.7 Å². The van der Waals surface area contributed by atoms with Gasteiger partial charge in [-0.05, 0) is 6.42 Å². The summed E-state index contributed by atoms with van der Waals surface area (Å²) in [6, 6.07) is 0. The molecule has 0 saturated heterocycles. The number of carbonyl (C=O) groups excluding carboxylic acids is 1. The first-order chi connectivity index (χ1) is 4.72. The molecule has 0 heterocycles. The zero-order valence-corrected chi connectivity index (χ0v) is 10.4. The van der Waals surface area contributed by atoms with Gasteiger partial charge in [0.2, 0.25) is 0 Å². The van der Waals surface area contributed by atoms with Crippen LogP contribution in [0.5, 0.6) is 0 Å². The molecule has 0 saturated carbocycles. The minimum absolute atomic E-state index is 0. The maximum atomic E-state index is 10.9. The van der Waals surface area contributed by atoms with Crippen LogP contribution in [-0.4, -0.2) is 12.6 Å². The molecule has 3 heteroatoms. The molecule has 2 nitrogen and oxygen atoms in total. The molecule has 13 heavy (non-hydrogen) atoms. The van der Waals surface area contributed by atoms with Gasteiger partial charge in [0.05, 0.1) is 6.61 Å². The van der Waals surface area contributed by atoms with Crippen LogP contribution >= 0.6 is 0 Å². The third-order valence-corrected chi connectivity index (χ3v) is 1.32. The molecular formula is C10H23O2Y-. The summed E-state index contributed by atoms with van der Waals surface area (Å²) in [6.45, 7) is 6.27. The topological polar surface area (TPSA) is 26.3 Å². The predicted octanol–water partition coefficient (Wildman–Crippen LogP) is 3.21. The monoisotopic (exact) mass is 264 g/mol. The first kappa shape index (κ1) is 23.3. The second-order valence-corrected chi connectivity index (χ2v) is 2.27. The quantitative estimate of drug-likeness (QED) is 0.575. The summed E-state index contributed by atoms with van der Waals surface area (Å²) >= 11 is 0. The van der Waals surface area contributed by atoms with E-state index in [-0.39, 0.29) is 53.5 Å². The molecule has 0 N–H and O–H groups in total. The minimum atomic E-state index is -0.149. The first-order valence-corrected chi connectivity index (χ1v) is 3.71.